The van der Waals surface area contributed by atoms with Gasteiger partial charge in [0.05, 0.1) is 12.3 Å². The first-order valence-corrected chi connectivity index (χ1v) is 6.44. The Bertz CT molecular complexity index is 445. The minimum atomic E-state index is 0.669. The minimum absolute atomic E-state index is 0.669. The summed E-state index contributed by atoms with van der Waals surface area (Å²) in [6.45, 7) is 0.669. The molecule has 5 heteroatoms. The van der Waals surface area contributed by atoms with E-state index >= 15 is 0 Å². The third-order valence-electron chi connectivity index (χ3n) is 2.18. The second-order valence-corrected chi connectivity index (χ2v) is 4.57. The van der Waals surface area contributed by atoms with E-state index in [0.29, 0.717) is 12.3 Å². The topological polar surface area (TPSA) is 63.9 Å². The van der Waals surface area contributed by atoms with Crippen LogP contribution in [0.5, 0.6) is 5.75 Å². The molecule has 90 valence electrons. The van der Waals surface area contributed by atoms with Crippen molar-refractivity contribution in [2.45, 2.75) is 11.6 Å². The molecule has 0 unspecified atom stereocenters. The summed E-state index contributed by atoms with van der Waals surface area (Å²) < 4.78 is 5.59. The summed E-state index contributed by atoms with van der Waals surface area (Å²) in [5, 5.41) is 0.948. The number of para-hydroxylation sites is 2. The van der Waals surface area contributed by atoms with Crippen molar-refractivity contribution in [2.75, 3.05) is 18.1 Å². The van der Waals surface area contributed by atoms with Crippen molar-refractivity contribution in [3.8, 4) is 5.75 Å². The van der Waals surface area contributed by atoms with Gasteiger partial charge < -0.3 is 15.5 Å². The molecular formula is C12H15N3OS. The van der Waals surface area contributed by atoms with Gasteiger partial charge in [-0.3, -0.25) is 0 Å². The van der Waals surface area contributed by atoms with Crippen LogP contribution < -0.4 is 10.5 Å². The van der Waals surface area contributed by atoms with Crippen molar-refractivity contribution in [3.63, 3.8) is 0 Å². The fourth-order valence-electron chi connectivity index (χ4n) is 1.35. The molecule has 0 amide bonds. The maximum atomic E-state index is 5.77. The maximum absolute atomic E-state index is 5.77. The summed E-state index contributed by atoms with van der Waals surface area (Å²) in [5.74, 6) is 1.73. The highest BCUT2D eigenvalue weighted by molar-refractivity contribution is 7.99. The SMILES string of the molecule is Nc1ccccc1OCCCSc1ncc[nH]1. The van der Waals surface area contributed by atoms with Gasteiger partial charge in [0, 0.05) is 18.1 Å². The molecule has 1 aromatic carbocycles. The first-order valence-electron chi connectivity index (χ1n) is 5.46. The van der Waals surface area contributed by atoms with Gasteiger partial charge in [0.1, 0.15) is 5.75 Å². The number of nitrogen functional groups attached to an aromatic ring is 1. The van der Waals surface area contributed by atoms with Gasteiger partial charge in [0.25, 0.3) is 0 Å². The number of ether oxygens (including phenoxy) is 1. The fraction of sp³-hybridized carbons (Fsp3) is 0.250. The highest BCUT2D eigenvalue weighted by Crippen LogP contribution is 2.20. The van der Waals surface area contributed by atoms with Crippen molar-refractivity contribution < 1.29 is 4.74 Å². The summed E-state index contributed by atoms with van der Waals surface area (Å²) in [5.41, 5.74) is 6.45. The number of imidazole rings is 1. The van der Waals surface area contributed by atoms with Gasteiger partial charge in [-0.15, -0.1) is 0 Å². The maximum Gasteiger partial charge on any atom is 0.165 e. The Hall–Kier alpha value is -1.62. The number of hydrogen-bond donors (Lipinski definition) is 2. The molecule has 0 aliphatic rings. The molecule has 0 spiro atoms. The highest BCUT2D eigenvalue weighted by Gasteiger charge is 1.99. The molecule has 0 bridgehead atoms. The Kier molecular flexibility index (Phi) is 4.32. The summed E-state index contributed by atoms with van der Waals surface area (Å²) in [6, 6.07) is 7.54. The number of anilines is 1. The lowest BCUT2D eigenvalue weighted by molar-refractivity contribution is 0.320. The predicted octanol–water partition coefficient (Wildman–Crippen LogP) is 2.55. The molecule has 17 heavy (non-hydrogen) atoms. The summed E-state index contributed by atoms with van der Waals surface area (Å²) in [6.07, 6.45) is 4.53. The van der Waals surface area contributed by atoms with E-state index in [2.05, 4.69) is 9.97 Å². The molecule has 1 aromatic heterocycles. The van der Waals surface area contributed by atoms with Crippen LogP contribution in [0.4, 0.5) is 5.69 Å². The number of H-pyrrole nitrogens is 1. The van der Waals surface area contributed by atoms with Crippen LogP contribution in [0, 0.1) is 0 Å². The lowest BCUT2D eigenvalue weighted by Crippen LogP contribution is -2.01. The average molecular weight is 249 g/mol. The molecule has 0 aliphatic carbocycles. The summed E-state index contributed by atoms with van der Waals surface area (Å²) in [7, 11) is 0. The molecule has 0 aliphatic heterocycles. The standard InChI is InChI=1S/C12H15N3OS/c13-10-4-1-2-5-11(10)16-8-3-9-17-12-14-6-7-15-12/h1-2,4-7H,3,8-9,13H2,(H,14,15). The quantitative estimate of drug-likeness (QED) is 0.469. The number of hydrogen-bond acceptors (Lipinski definition) is 4. The zero-order chi connectivity index (χ0) is 11.9. The van der Waals surface area contributed by atoms with Crippen molar-refractivity contribution >= 4 is 17.4 Å². The smallest absolute Gasteiger partial charge is 0.165 e. The first-order chi connectivity index (χ1) is 8.36. The Morgan fingerprint density at radius 3 is 3.00 bits per heavy atom. The molecule has 0 atom stereocenters. The largest absolute Gasteiger partial charge is 0.491 e. The van der Waals surface area contributed by atoms with Crippen LogP contribution in [-0.4, -0.2) is 22.3 Å². The molecule has 1 heterocycles. The molecule has 0 saturated heterocycles. The zero-order valence-corrected chi connectivity index (χ0v) is 10.2. The molecule has 0 saturated carbocycles. The van der Waals surface area contributed by atoms with Crippen LogP contribution in [0.15, 0.2) is 41.8 Å². The normalized spacial score (nSPS) is 10.4. The number of nitrogens with one attached hydrogen (secondary N) is 1. The fourth-order valence-corrected chi connectivity index (χ4v) is 2.09. The van der Waals surface area contributed by atoms with Crippen LogP contribution in [0.3, 0.4) is 0 Å². The third-order valence-corrected chi connectivity index (χ3v) is 3.17. The van der Waals surface area contributed by atoms with E-state index in [9.17, 15) is 0 Å². The van der Waals surface area contributed by atoms with E-state index in [1.807, 2.05) is 30.5 Å². The van der Waals surface area contributed by atoms with E-state index in [4.69, 9.17) is 10.5 Å². The van der Waals surface area contributed by atoms with E-state index in [1.54, 1.807) is 18.0 Å². The Labute approximate surface area is 105 Å². The molecule has 0 radical (unpaired) electrons. The first kappa shape index (κ1) is 11.9. The molecule has 2 aromatic rings. The van der Waals surface area contributed by atoms with Gasteiger partial charge in [0.15, 0.2) is 5.16 Å². The van der Waals surface area contributed by atoms with Crippen molar-refractivity contribution in [2.24, 2.45) is 0 Å². The molecule has 0 fully saturated rings. The lowest BCUT2D eigenvalue weighted by Gasteiger charge is -2.07. The van der Waals surface area contributed by atoms with Crippen molar-refractivity contribution in [1.29, 1.82) is 0 Å². The van der Waals surface area contributed by atoms with Crippen LogP contribution in [0.1, 0.15) is 6.42 Å². The van der Waals surface area contributed by atoms with Crippen LogP contribution in [0.25, 0.3) is 0 Å². The minimum Gasteiger partial charge on any atom is -0.491 e. The van der Waals surface area contributed by atoms with E-state index in [-0.39, 0.29) is 0 Å². The van der Waals surface area contributed by atoms with Gasteiger partial charge in [-0.25, -0.2) is 4.98 Å². The highest BCUT2D eigenvalue weighted by atomic mass is 32.2. The number of benzene rings is 1. The number of thioether (sulfide) groups is 1. The number of nitrogens with zero attached hydrogens (tertiary/aromatic N) is 1. The number of rotatable bonds is 6. The lowest BCUT2D eigenvalue weighted by atomic mass is 10.3. The van der Waals surface area contributed by atoms with Gasteiger partial charge in [-0.05, 0) is 18.6 Å². The Balaban J connectivity index is 1.65. The Morgan fingerprint density at radius 2 is 2.24 bits per heavy atom. The number of aromatic nitrogens is 2. The average Bonchev–Trinajstić information content (AvgIpc) is 2.84. The van der Waals surface area contributed by atoms with Gasteiger partial charge in [-0.2, -0.15) is 0 Å². The third kappa shape index (κ3) is 3.71. The predicted molar refractivity (Wildman–Crippen MR) is 70.3 cm³/mol. The van der Waals surface area contributed by atoms with E-state index in [1.165, 1.54) is 0 Å². The molecule has 3 N–H and O–H groups in total. The molecule has 2 rings (SSSR count). The van der Waals surface area contributed by atoms with E-state index in [0.717, 1.165) is 23.1 Å². The summed E-state index contributed by atoms with van der Waals surface area (Å²) in [4.78, 5) is 7.18. The monoisotopic (exact) mass is 249 g/mol. The summed E-state index contributed by atoms with van der Waals surface area (Å²) >= 11 is 1.69. The number of nitrogens with two attached hydrogens (primary N) is 1. The number of aromatic amines is 1. The Morgan fingerprint density at radius 1 is 1.35 bits per heavy atom. The second kappa shape index (κ2) is 6.20. The zero-order valence-electron chi connectivity index (χ0n) is 9.43. The van der Waals surface area contributed by atoms with Crippen molar-refractivity contribution in [1.82, 2.24) is 9.97 Å². The van der Waals surface area contributed by atoms with Crippen LogP contribution in [-0.2, 0) is 0 Å². The second-order valence-electron chi connectivity index (χ2n) is 3.48. The van der Waals surface area contributed by atoms with Crippen LogP contribution >= 0.6 is 11.8 Å². The van der Waals surface area contributed by atoms with Crippen LogP contribution in [0.2, 0.25) is 0 Å². The molecular weight excluding hydrogens is 234 g/mol. The van der Waals surface area contributed by atoms with Gasteiger partial charge in [0.2, 0.25) is 0 Å². The van der Waals surface area contributed by atoms with Gasteiger partial charge >= 0.3 is 0 Å². The van der Waals surface area contributed by atoms with Crippen molar-refractivity contribution in [3.05, 3.63) is 36.7 Å². The molecule has 4 nitrogen and oxygen atoms in total. The van der Waals surface area contributed by atoms with E-state index < -0.39 is 0 Å². The van der Waals surface area contributed by atoms with Gasteiger partial charge in [-0.1, -0.05) is 23.9 Å².